The van der Waals surface area contributed by atoms with Crippen molar-refractivity contribution in [1.82, 2.24) is 19.9 Å². The first-order valence-electron chi connectivity index (χ1n) is 7.22. The highest BCUT2D eigenvalue weighted by Crippen LogP contribution is 2.29. The summed E-state index contributed by atoms with van der Waals surface area (Å²) in [5.74, 6) is 0. The summed E-state index contributed by atoms with van der Waals surface area (Å²) in [6.45, 7) is 5.14. The van der Waals surface area contributed by atoms with E-state index in [1.54, 1.807) is 0 Å². The molecule has 3 rings (SSSR count). The summed E-state index contributed by atoms with van der Waals surface area (Å²) in [4.78, 5) is 5.59. The van der Waals surface area contributed by atoms with E-state index >= 15 is 0 Å². The lowest BCUT2D eigenvalue weighted by molar-refractivity contribution is 0.633. The first kappa shape index (κ1) is 14.1. The Morgan fingerprint density at radius 2 is 2.14 bits per heavy atom. The Kier molecular flexibility index (Phi) is 4.22. The first-order valence-corrected chi connectivity index (χ1v) is 8.00. The molecule has 0 bridgehead atoms. The van der Waals surface area contributed by atoms with Gasteiger partial charge in [0.05, 0.1) is 22.1 Å². The van der Waals surface area contributed by atoms with Crippen molar-refractivity contribution in [2.75, 3.05) is 6.54 Å². The van der Waals surface area contributed by atoms with Crippen LogP contribution in [-0.2, 0) is 6.42 Å². The molecule has 3 aromatic rings. The van der Waals surface area contributed by atoms with Crippen molar-refractivity contribution in [1.29, 1.82) is 0 Å². The molecule has 0 fully saturated rings. The zero-order valence-electron chi connectivity index (χ0n) is 12.2. The molecule has 0 amide bonds. The van der Waals surface area contributed by atoms with Crippen LogP contribution >= 0.6 is 11.5 Å². The molecule has 0 spiro atoms. The normalized spacial score (nSPS) is 12.7. The molecular formula is C16H18N4S. The van der Waals surface area contributed by atoms with Crippen molar-refractivity contribution >= 4 is 22.4 Å². The van der Waals surface area contributed by atoms with Crippen LogP contribution in [0, 0.1) is 0 Å². The SMILES string of the molecule is CCNC(c1ccc2ncccc2c1)c1snnc1CC. The summed E-state index contributed by atoms with van der Waals surface area (Å²) in [7, 11) is 0. The van der Waals surface area contributed by atoms with Crippen LogP contribution < -0.4 is 5.32 Å². The third-order valence-corrected chi connectivity index (χ3v) is 4.38. The molecule has 0 aliphatic rings. The average molecular weight is 298 g/mol. The average Bonchev–Trinajstić information content (AvgIpc) is 3.00. The maximum atomic E-state index is 4.38. The maximum Gasteiger partial charge on any atom is 0.0804 e. The third-order valence-electron chi connectivity index (χ3n) is 3.55. The Morgan fingerprint density at radius 1 is 1.24 bits per heavy atom. The van der Waals surface area contributed by atoms with Crippen LogP contribution in [0.1, 0.15) is 36.0 Å². The second-order valence-electron chi connectivity index (χ2n) is 4.88. The van der Waals surface area contributed by atoms with Crippen molar-refractivity contribution in [3.8, 4) is 0 Å². The number of pyridine rings is 1. The largest absolute Gasteiger partial charge is 0.306 e. The van der Waals surface area contributed by atoms with Gasteiger partial charge in [-0.05, 0) is 48.3 Å². The van der Waals surface area contributed by atoms with Crippen LogP contribution in [0.2, 0.25) is 0 Å². The molecule has 0 saturated heterocycles. The van der Waals surface area contributed by atoms with Gasteiger partial charge in [-0.3, -0.25) is 4.98 Å². The second-order valence-corrected chi connectivity index (χ2v) is 5.67. The van der Waals surface area contributed by atoms with Crippen molar-refractivity contribution in [2.45, 2.75) is 26.3 Å². The molecule has 0 aliphatic heterocycles. The van der Waals surface area contributed by atoms with Gasteiger partial charge in [-0.1, -0.05) is 30.5 Å². The smallest absolute Gasteiger partial charge is 0.0804 e. The molecular weight excluding hydrogens is 280 g/mol. The Morgan fingerprint density at radius 3 is 2.95 bits per heavy atom. The standard InChI is InChI=1S/C16H18N4S/c1-3-13-16(21-20-19-13)15(17-4-2)12-7-8-14-11(10-12)6-5-9-18-14/h5-10,15,17H,3-4H2,1-2H3. The third kappa shape index (κ3) is 2.80. The van der Waals surface area contributed by atoms with E-state index in [9.17, 15) is 0 Å². The fourth-order valence-corrected chi connectivity index (χ4v) is 3.36. The van der Waals surface area contributed by atoms with Gasteiger partial charge < -0.3 is 5.32 Å². The van der Waals surface area contributed by atoms with Crippen LogP contribution in [0.25, 0.3) is 10.9 Å². The Labute approximate surface area is 128 Å². The highest BCUT2D eigenvalue weighted by atomic mass is 32.1. The van der Waals surface area contributed by atoms with E-state index in [1.807, 2.05) is 12.3 Å². The molecule has 4 nitrogen and oxygen atoms in total. The summed E-state index contributed by atoms with van der Waals surface area (Å²) < 4.78 is 4.12. The van der Waals surface area contributed by atoms with Crippen LogP contribution in [0.3, 0.4) is 0 Å². The number of hydrogen-bond donors (Lipinski definition) is 1. The van der Waals surface area contributed by atoms with Gasteiger partial charge in [0.25, 0.3) is 0 Å². The minimum absolute atomic E-state index is 0.148. The summed E-state index contributed by atoms with van der Waals surface area (Å²) in [6.07, 6.45) is 2.73. The van der Waals surface area contributed by atoms with Gasteiger partial charge in [0.15, 0.2) is 0 Å². The van der Waals surface area contributed by atoms with E-state index in [0.29, 0.717) is 0 Å². The second kappa shape index (κ2) is 6.28. The highest BCUT2D eigenvalue weighted by molar-refractivity contribution is 7.05. The van der Waals surface area contributed by atoms with E-state index < -0.39 is 0 Å². The fraction of sp³-hybridized carbons (Fsp3) is 0.312. The van der Waals surface area contributed by atoms with E-state index in [0.717, 1.165) is 29.6 Å². The van der Waals surface area contributed by atoms with Gasteiger partial charge in [-0.2, -0.15) is 0 Å². The predicted octanol–water partition coefficient (Wildman–Crippen LogP) is 3.35. The Balaban J connectivity index is 2.06. The summed E-state index contributed by atoms with van der Waals surface area (Å²) in [5.41, 5.74) is 3.34. The number of aryl methyl sites for hydroxylation is 1. The van der Waals surface area contributed by atoms with Crippen LogP contribution in [0.4, 0.5) is 0 Å². The molecule has 0 saturated carbocycles. The van der Waals surface area contributed by atoms with E-state index in [1.165, 1.54) is 22.0 Å². The number of nitrogens with zero attached hydrogens (tertiary/aromatic N) is 3. The summed E-state index contributed by atoms with van der Waals surface area (Å²) in [5, 5.41) is 8.95. The monoisotopic (exact) mass is 298 g/mol. The van der Waals surface area contributed by atoms with Crippen LogP contribution in [0.15, 0.2) is 36.5 Å². The molecule has 5 heteroatoms. The lowest BCUT2D eigenvalue weighted by atomic mass is 10.0. The van der Waals surface area contributed by atoms with E-state index in [4.69, 9.17) is 0 Å². The van der Waals surface area contributed by atoms with Gasteiger partial charge in [0.1, 0.15) is 0 Å². The molecule has 1 atom stereocenters. The lowest BCUT2D eigenvalue weighted by Crippen LogP contribution is -2.22. The summed E-state index contributed by atoms with van der Waals surface area (Å²) >= 11 is 1.48. The highest BCUT2D eigenvalue weighted by Gasteiger charge is 2.19. The number of hydrogen-bond acceptors (Lipinski definition) is 5. The van der Waals surface area contributed by atoms with Gasteiger partial charge in [0, 0.05) is 11.6 Å². The van der Waals surface area contributed by atoms with Crippen LogP contribution in [0.5, 0.6) is 0 Å². The van der Waals surface area contributed by atoms with Crippen molar-refractivity contribution in [3.05, 3.63) is 52.7 Å². The molecule has 108 valence electrons. The zero-order valence-corrected chi connectivity index (χ0v) is 13.0. The molecule has 21 heavy (non-hydrogen) atoms. The van der Waals surface area contributed by atoms with E-state index in [2.05, 4.69) is 58.0 Å². The van der Waals surface area contributed by atoms with Crippen molar-refractivity contribution < 1.29 is 0 Å². The van der Waals surface area contributed by atoms with Crippen molar-refractivity contribution in [2.24, 2.45) is 0 Å². The molecule has 0 aliphatic carbocycles. The van der Waals surface area contributed by atoms with Gasteiger partial charge in [0.2, 0.25) is 0 Å². The predicted molar refractivity (Wildman–Crippen MR) is 86.5 cm³/mol. The maximum absolute atomic E-state index is 4.38. The first-order chi connectivity index (χ1) is 10.3. The lowest BCUT2D eigenvalue weighted by Gasteiger charge is -2.18. The van der Waals surface area contributed by atoms with Crippen molar-refractivity contribution in [3.63, 3.8) is 0 Å². The summed E-state index contributed by atoms with van der Waals surface area (Å²) in [6, 6.07) is 10.6. The number of benzene rings is 1. The van der Waals surface area contributed by atoms with Crippen LogP contribution in [-0.4, -0.2) is 21.1 Å². The molecule has 1 aromatic carbocycles. The topological polar surface area (TPSA) is 50.7 Å². The molecule has 1 unspecified atom stereocenters. The van der Waals surface area contributed by atoms with Gasteiger partial charge in [-0.15, -0.1) is 5.10 Å². The minimum atomic E-state index is 0.148. The minimum Gasteiger partial charge on any atom is -0.306 e. The molecule has 2 aromatic heterocycles. The fourth-order valence-electron chi connectivity index (χ4n) is 2.52. The zero-order chi connectivity index (χ0) is 14.7. The number of nitrogens with one attached hydrogen (secondary N) is 1. The Hall–Kier alpha value is -1.85. The number of rotatable bonds is 5. The molecule has 1 N–H and O–H groups in total. The molecule has 0 radical (unpaired) electrons. The van der Waals surface area contributed by atoms with Gasteiger partial charge in [-0.25, -0.2) is 0 Å². The van der Waals surface area contributed by atoms with E-state index in [-0.39, 0.29) is 6.04 Å². The number of aromatic nitrogens is 3. The molecule has 2 heterocycles. The van der Waals surface area contributed by atoms with Gasteiger partial charge >= 0.3 is 0 Å². The quantitative estimate of drug-likeness (QED) is 0.785. The Bertz CT molecular complexity index is 738. The number of fused-ring (bicyclic) bond motifs is 1.